The Morgan fingerprint density at radius 1 is 1.21 bits per heavy atom. The van der Waals surface area contributed by atoms with Gasteiger partial charge in [-0.3, -0.25) is 0 Å². The molecule has 0 aliphatic rings. The number of aryl methyl sites for hydroxylation is 2. The van der Waals surface area contributed by atoms with Crippen molar-refractivity contribution in [3.63, 3.8) is 0 Å². The third kappa shape index (κ3) is 5.12. The van der Waals surface area contributed by atoms with Crippen LogP contribution < -0.4 is 5.43 Å². The van der Waals surface area contributed by atoms with Crippen LogP contribution in [-0.2, 0) is 4.74 Å². The van der Waals surface area contributed by atoms with Gasteiger partial charge in [0.15, 0.2) is 0 Å². The van der Waals surface area contributed by atoms with Gasteiger partial charge in [-0.2, -0.15) is 5.10 Å². The molecule has 0 saturated heterocycles. The van der Waals surface area contributed by atoms with Gasteiger partial charge >= 0.3 is 6.09 Å². The van der Waals surface area contributed by atoms with Crippen LogP contribution in [-0.4, -0.2) is 17.4 Å². The number of rotatable bonds is 2. The number of benzene rings is 1. The van der Waals surface area contributed by atoms with Gasteiger partial charge in [0, 0.05) is 0 Å². The van der Waals surface area contributed by atoms with Gasteiger partial charge in [0.1, 0.15) is 5.60 Å². The van der Waals surface area contributed by atoms with E-state index in [2.05, 4.69) is 17.5 Å². The largest absolute Gasteiger partial charge is 0.443 e. The normalized spacial score (nSPS) is 12.2. The minimum atomic E-state index is -0.546. The maximum absolute atomic E-state index is 11.5. The molecule has 0 heterocycles. The lowest BCUT2D eigenvalue weighted by Gasteiger charge is -2.18. The molecule has 1 amide bonds. The van der Waals surface area contributed by atoms with Gasteiger partial charge in [0.25, 0.3) is 0 Å². The number of hydrogen-bond donors (Lipinski definition) is 1. The summed E-state index contributed by atoms with van der Waals surface area (Å²) in [5, 5.41) is 4.04. The number of hydrogen-bond acceptors (Lipinski definition) is 3. The Morgan fingerprint density at radius 2 is 1.84 bits per heavy atom. The zero-order chi connectivity index (χ0) is 14.6. The highest BCUT2D eigenvalue weighted by Gasteiger charge is 2.15. The summed E-state index contributed by atoms with van der Waals surface area (Å²) in [6.45, 7) is 11.4. The molecule has 0 aliphatic carbocycles. The fourth-order valence-electron chi connectivity index (χ4n) is 1.46. The molecule has 1 aromatic rings. The minimum Gasteiger partial charge on any atom is -0.443 e. The summed E-state index contributed by atoms with van der Waals surface area (Å²) in [7, 11) is 0. The third-order valence-electron chi connectivity index (χ3n) is 2.64. The first-order chi connectivity index (χ1) is 8.69. The molecule has 1 aromatic carbocycles. The van der Waals surface area contributed by atoms with E-state index in [4.69, 9.17) is 4.74 Å². The summed E-state index contributed by atoms with van der Waals surface area (Å²) in [4.78, 5) is 11.5. The lowest BCUT2D eigenvalue weighted by atomic mass is 10.0. The minimum absolute atomic E-state index is 0.520. The average molecular weight is 262 g/mol. The Bertz CT molecular complexity index is 499. The summed E-state index contributed by atoms with van der Waals surface area (Å²) < 4.78 is 5.11. The molecule has 0 radical (unpaired) electrons. The maximum Gasteiger partial charge on any atom is 0.428 e. The van der Waals surface area contributed by atoms with Gasteiger partial charge in [-0.25, -0.2) is 10.2 Å². The van der Waals surface area contributed by atoms with Crippen LogP contribution in [0.1, 0.15) is 44.4 Å². The smallest absolute Gasteiger partial charge is 0.428 e. The molecule has 0 atom stereocenters. The monoisotopic (exact) mass is 262 g/mol. The summed E-state index contributed by atoms with van der Waals surface area (Å²) >= 11 is 0. The number of hydrazone groups is 1. The summed E-state index contributed by atoms with van der Waals surface area (Å²) in [5.41, 5.74) is 6.04. The van der Waals surface area contributed by atoms with Gasteiger partial charge in [-0.15, -0.1) is 0 Å². The fraction of sp³-hybridized carbons (Fsp3) is 0.467. The van der Waals surface area contributed by atoms with E-state index in [-0.39, 0.29) is 0 Å². The van der Waals surface area contributed by atoms with Crippen molar-refractivity contribution in [2.75, 3.05) is 0 Å². The molecule has 4 nitrogen and oxygen atoms in total. The highest BCUT2D eigenvalue weighted by Crippen LogP contribution is 2.11. The van der Waals surface area contributed by atoms with Crippen molar-refractivity contribution in [3.05, 3.63) is 34.9 Å². The van der Waals surface area contributed by atoms with Crippen LogP contribution in [0.15, 0.2) is 23.3 Å². The number of nitrogens with zero attached hydrogens (tertiary/aromatic N) is 1. The summed E-state index contributed by atoms with van der Waals surface area (Å²) in [5.74, 6) is 0. The van der Waals surface area contributed by atoms with E-state index in [1.807, 2.05) is 52.8 Å². The van der Waals surface area contributed by atoms with E-state index in [0.717, 1.165) is 11.3 Å². The lowest BCUT2D eigenvalue weighted by molar-refractivity contribution is 0.0529. The molecule has 1 rings (SSSR count). The van der Waals surface area contributed by atoms with Crippen molar-refractivity contribution < 1.29 is 9.53 Å². The van der Waals surface area contributed by atoms with Crippen LogP contribution in [0, 0.1) is 13.8 Å². The molecule has 0 unspecified atom stereocenters. The van der Waals surface area contributed by atoms with Crippen LogP contribution in [0.5, 0.6) is 0 Å². The second-order valence-corrected chi connectivity index (χ2v) is 5.61. The summed E-state index contributed by atoms with van der Waals surface area (Å²) in [6.07, 6.45) is -0.546. The SMILES string of the molecule is C/C(=N/NC(=O)OC(C)(C)C)c1ccc(C)c(C)c1. The zero-order valence-electron chi connectivity index (χ0n) is 12.5. The fourth-order valence-corrected chi connectivity index (χ4v) is 1.46. The maximum atomic E-state index is 11.5. The van der Waals surface area contributed by atoms with E-state index in [1.165, 1.54) is 11.1 Å². The van der Waals surface area contributed by atoms with E-state index >= 15 is 0 Å². The van der Waals surface area contributed by atoms with Crippen LogP contribution in [0.2, 0.25) is 0 Å². The number of nitrogens with one attached hydrogen (secondary N) is 1. The van der Waals surface area contributed by atoms with Gasteiger partial charge < -0.3 is 4.74 Å². The number of carbonyl (C=O) groups is 1. The van der Waals surface area contributed by atoms with Crippen LogP contribution in [0.3, 0.4) is 0 Å². The predicted octanol–water partition coefficient (Wildman–Crippen LogP) is 3.55. The van der Waals surface area contributed by atoms with Gasteiger partial charge in [-0.1, -0.05) is 12.1 Å². The van der Waals surface area contributed by atoms with Crippen molar-refractivity contribution in [1.82, 2.24) is 5.43 Å². The molecule has 19 heavy (non-hydrogen) atoms. The van der Waals surface area contributed by atoms with Crippen molar-refractivity contribution in [2.45, 2.75) is 47.1 Å². The molecular formula is C15H22N2O2. The first-order valence-corrected chi connectivity index (χ1v) is 6.30. The molecule has 4 heteroatoms. The van der Waals surface area contributed by atoms with Crippen molar-refractivity contribution in [3.8, 4) is 0 Å². The molecule has 0 saturated carbocycles. The molecule has 0 aromatic heterocycles. The Balaban J connectivity index is 2.72. The first kappa shape index (κ1) is 15.2. The van der Waals surface area contributed by atoms with E-state index in [0.29, 0.717) is 0 Å². The number of amides is 1. The molecule has 0 aliphatic heterocycles. The Morgan fingerprint density at radius 3 is 2.37 bits per heavy atom. The second kappa shape index (κ2) is 5.87. The number of ether oxygens (including phenoxy) is 1. The van der Waals surface area contributed by atoms with Gasteiger partial charge in [0.2, 0.25) is 0 Å². The molecule has 0 bridgehead atoms. The van der Waals surface area contributed by atoms with Crippen molar-refractivity contribution in [2.24, 2.45) is 5.10 Å². The third-order valence-corrected chi connectivity index (χ3v) is 2.64. The topological polar surface area (TPSA) is 50.7 Å². The van der Waals surface area contributed by atoms with Crippen molar-refractivity contribution in [1.29, 1.82) is 0 Å². The van der Waals surface area contributed by atoms with Gasteiger partial charge in [0.05, 0.1) is 5.71 Å². The quantitative estimate of drug-likeness (QED) is 0.654. The van der Waals surface area contributed by atoms with E-state index < -0.39 is 11.7 Å². The van der Waals surface area contributed by atoms with Crippen LogP contribution >= 0.6 is 0 Å². The first-order valence-electron chi connectivity index (χ1n) is 6.30. The van der Waals surface area contributed by atoms with Gasteiger partial charge in [-0.05, 0) is 64.3 Å². The molecule has 0 spiro atoms. The number of carbonyl (C=O) groups excluding carboxylic acids is 1. The van der Waals surface area contributed by atoms with Crippen LogP contribution in [0.4, 0.5) is 4.79 Å². The van der Waals surface area contributed by atoms with E-state index in [9.17, 15) is 4.79 Å². The average Bonchev–Trinajstić information content (AvgIpc) is 2.27. The van der Waals surface area contributed by atoms with Crippen molar-refractivity contribution >= 4 is 11.8 Å². The Hall–Kier alpha value is -1.84. The highest BCUT2D eigenvalue weighted by molar-refractivity contribution is 5.99. The molecule has 0 fully saturated rings. The Labute approximate surface area is 114 Å². The molecular weight excluding hydrogens is 240 g/mol. The standard InChI is InChI=1S/C15H22N2O2/c1-10-7-8-13(9-11(10)2)12(3)16-17-14(18)19-15(4,5)6/h7-9H,1-6H3,(H,17,18)/b16-12-. The second-order valence-electron chi connectivity index (χ2n) is 5.61. The zero-order valence-corrected chi connectivity index (χ0v) is 12.5. The lowest BCUT2D eigenvalue weighted by Crippen LogP contribution is -2.30. The Kier molecular flexibility index (Phi) is 4.70. The summed E-state index contributed by atoms with van der Waals surface area (Å²) in [6, 6.07) is 6.07. The predicted molar refractivity (Wildman–Crippen MR) is 77.5 cm³/mol. The van der Waals surface area contributed by atoms with Crippen LogP contribution in [0.25, 0.3) is 0 Å². The molecule has 1 N–H and O–H groups in total. The highest BCUT2D eigenvalue weighted by atomic mass is 16.6. The molecule has 104 valence electrons. The van der Waals surface area contributed by atoms with E-state index in [1.54, 1.807) is 0 Å².